The van der Waals surface area contributed by atoms with Crippen molar-refractivity contribution in [1.82, 2.24) is 10.6 Å². The fourth-order valence-electron chi connectivity index (χ4n) is 1.94. The van der Waals surface area contributed by atoms with Crippen molar-refractivity contribution < 1.29 is 0 Å². The molecule has 3 heteroatoms. The van der Waals surface area contributed by atoms with E-state index >= 15 is 0 Å². The van der Waals surface area contributed by atoms with Crippen LogP contribution in [-0.4, -0.2) is 25.6 Å². The lowest BCUT2D eigenvalue weighted by molar-refractivity contribution is 0.409. The first-order valence-electron chi connectivity index (χ1n) is 6.19. The van der Waals surface area contributed by atoms with Crippen LogP contribution in [0.5, 0.6) is 0 Å². The van der Waals surface area contributed by atoms with E-state index in [0.717, 1.165) is 12.5 Å². The summed E-state index contributed by atoms with van der Waals surface area (Å²) in [5, 5.41) is 6.85. The van der Waals surface area contributed by atoms with E-state index in [9.17, 15) is 0 Å². The van der Waals surface area contributed by atoms with Crippen molar-refractivity contribution in [2.45, 2.75) is 52.0 Å². The Morgan fingerprint density at radius 1 is 1.27 bits per heavy atom. The highest BCUT2D eigenvalue weighted by Gasteiger charge is 2.14. The average molecular weight is 211 g/mol. The molecular formula is C12H25N3. The van der Waals surface area contributed by atoms with Gasteiger partial charge in [0.2, 0.25) is 0 Å². The number of guanidine groups is 1. The molecule has 0 unspecified atom stereocenters. The topological polar surface area (TPSA) is 36.4 Å². The number of hydrogen-bond acceptors (Lipinski definition) is 1. The number of rotatable bonds is 3. The molecule has 0 aliphatic heterocycles. The van der Waals surface area contributed by atoms with E-state index in [1.807, 2.05) is 7.05 Å². The first-order chi connectivity index (χ1) is 7.22. The summed E-state index contributed by atoms with van der Waals surface area (Å²) in [6.45, 7) is 5.41. The van der Waals surface area contributed by atoms with Gasteiger partial charge in [0.15, 0.2) is 5.96 Å². The minimum atomic E-state index is 0.636. The summed E-state index contributed by atoms with van der Waals surface area (Å²) in [4.78, 5) is 4.25. The molecule has 0 bridgehead atoms. The molecule has 0 heterocycles. The Morgan fingerprint density at radius 2 is 1.93 bits per heavy atom. The maximum Gasteiger partial charge on any atom is 0.191 e. The Balaban J connectivity index is 2.26. The van der Waals surface area contributed by atoms with Crippen molar-refractivity contribution in [3.05, 3.63) is 0 Å². The molecule has 0 aromatic heterocycles. The summed E-state index contributed by atoms with van der Waals surface area (Å²) in [7, 11) is 1.85. The van der Waals surface area contributed by atoms with Gasteiger partial charge < -0.3 is 10.6 Å². The largest absolute Gasteiger partial charge is 0.356 e. The van der Waals surface area contributed by atoms with Gasteiger partial charge in [0, 0.05) is 19.6 Å². The Kier molecular flexibility index (Phi) is 5.51. The van der Waals surface area contributed by atoms with Gasteiger partial charge in [0.1, 0.15) is 0 Å². The van der Waals surface area contributed by atoms with Crippen molar-refractivity contribution in [1.29, 1.82) is 0 Å². The molecule has 1 fully saturated rings. The molecule has 3 nitrogen and oxygen atoms in total. The van der Waals surface area contributed by atoms with Gasteiger partial charge in [-0.25, -0.2) is 0 Å². The number of aliphatic imine (C=N–C) groups is 1. The van der Waals surface area contributed by atoms with Crippen LogP contribution in [0.2, 0.25) is 0 Å². The standard InChI is InChI=1S/C12H25N3/c1-10(2)9-14-12(13-3)15-11-7-5-4-6-8-11/h10-11H,4-9H2,1-3H3,(H2,13,14,15). The quantitative estimate of drug-likeness (QED) is 0.554. The number of hydrogen-bond donors (Lipinski definition) is 2. The van der Waals surface area contributed by atoms with Gasteiger partial charge in [0.05, 0.1) is 0 Å². The fourth-order valence-corrected chi connectivity index (χ4v) is 1.94. The van der Waals surface area contributed by atoms with Gasteiger partial charge in [-0.15, -0.1) is 0 Å². The highest BCUT2D eigenvalue weighted by atomic mass is 15.2. The molecule has 0 saturated heterocycles. The van der Waals surface area contributed by atoms with Crippen LogP contribution in [0.15, 0.2) is 4.99 Å². The molecule has 0 spiro atoms. The molecule has 0 amide bonds. The molecule has 15 heavy (non-hydrogen) atoms. The maximum atomic E-state index is 4.25. The van der Waals surface area contributed by atoms with Crippen LogP contribution in [-0.2, 0) is 0 Å². The fraction of sp³-hybridized carbons (Fsp3) is 0.917. The molecule has 1 aliphatic carbocycles. The second-order valence-corrected chi connectivity index (χ2v) is 4.83. The lowest BCUT2D eigenvalue weighted by Crippen LogP contribution is -2.45. The molecule has 0 radical (unpaired) electrons. The third kappa shape index (κ3) is 5.05. The lowest BCUT2D eigenvalue weighted by atomic mass is 9.96. The molecule has 0 aromatic carbocycles. The second kappa shape index (κ2) is 6.70. The third-order valence-electron chi connectivity index (χ3n) is 2.85. The smallest absolute Gasteiger partial charge is 0.191 e. The van der Waals surface area contributed by atoms with Crippen molar-refractivity contribution in [2.75, 3.05) is 13.6 Å². The van der Waals surface area contributed by atoms with Crippen molar-refractivity contribution in [3.8, 4) is 0 Å². The van der Waals surface area contributed by atoms with Crippen molar-refractivity contribution >= 4 is 5.96 Å². The SMILES string of the molecule is CN=C(NCC(C)C)NC1CCCCC1. The molecule has 0 aromatic rings. The molecule has 1 aliphatic rings. The van der Waals surface area contributed by atoms with Crippen LogP contribution >= 0.6 is 0 Å². The van der Waals surface area contributed by atoms with Crippen molar-refractivity contribution in [2.24, 2.45) is 10.9 Å². The zero-order valence-electron chi connectivity index (χ0n) is 10.3. The van der Waals surface area contributed by atoms with E-state index in [1.165, 1.54) is 32.1 Å². The van der Waals surface area contributed by atoms with E-state index in [4.69, 9.17) is 0 Å². The van der Waals surface area contributed by atoms with Crippen LogP contribution in [0.4, 0.5) is 0 Å². The van der Waals surface area contributed by atoms with E-state index < -0.39 is 0 Å². The minimum Gasteiger partial charge on any atom is -0.356 e. The van der Waals surface area contributed by atoms with Crippen LogP contribution in [0.1, 0.15) is 46.0 Å². The van der Waals surface area contributed by atoms with Crippen LogP contribution in [0, 0.1) is 5.92 Å². The van der Waals surface area contributed by atoms with Gasteiger partial charge >= 0.3 is 0 Å². The first kappa shape index (κ1) is 12.3. The zero-order chi connectivity index (χ0) is 11.1. The molecule has 1 saturated carbocycles. The van der Waals surface area contributed by atoms with Crippen LogP contribution in [0.3, 0.4) is 0 Å². The first-order valence-corrected chi connectivity index (χ1v) is 6.19. The Hall–Kier alpha value is -0.730. The third-order valence-corrected chi connectivity index (χ3v) is 2.85. The van der Waals surface area contributed by atoms with Crippen molar-refractivity contribution in [3.63, 3.8) is 0 Å². The van der Waals surface area contributed by atoms with E-state index in [-0.39, 0.29) is 0 Å². The molecule has 2 N–H and O–H groups in total. The minimum absolute atomic E-state index is 0.636. The normalized spacial score (nSPS) is 19.3. The van der Waals surface area contributed by atoms with Crippen LogP contribution in [0.25, 0.3) is 0 Å². The number of nitrogens with one attached hydrogen (secondary N) is 2. The van der Waals surface area contributed by atoms with Gasteiger partial charge in [0.25, 0.3) is 0 Å². The maximum absolute atomic E-state index is 4.25. The molecule has 88 valence electrons. The van der Waals surface area contributed by atoms with Crippen LogP contribution < -0.4 is 10.6 Å². The summed E-state index contributed by atoms with van der Waals surface area (Å²) in [6.07, 6.45) is 6.71. The summed E-state index contributed by atoms with van der Waals surface area (Å²) in [5.41, 5.74) is 0. The zero-order valence-corrected chi connectivity index (χ0v) is 10.3. The molecule has 1 rings (SSSR count). The Morgan fingerprint density at radius 3 is 2.47 bits per heavy atom. The Bertz CT molecular complexity index is 193. The summed E-state index contributed by atoms with van der Waals surface area (Å²) in [5.74, 6) is 1.63. The molecular weight excluding hydrogens is 186 g/mol. The van der Waals surface area contributed by atoms with E-state index in [0.29, 0.717) is 12.0 Å². The summed E-state index contributed by atoms with van der Waals surface area (Å²) >= 11 is 0. The van der Waals surface area contributed by atoms with Gasteiger partial charge in [-0.1, -0.05) is 33.1 Å². The monoisotopic (exact) mass is 211 g/mol. The van der Waals surface area contributed by atoms with Gasteiger partial charge in [-0.3, -0.25) is 4.99 Å². The van der Waals surface area contributed by atoms with E-state index in [1.54, 1.807) is 0 Å². The Labute approximate surface area is 93.7 Å². The predicted molar refractivity (Wildman–Crippen MR) is 66.2 cm³/mol. The highest BCUT2D eigenvalue weighted by molar-refractivity contribution is 5.79. The average Bonchev–Trinajstić information content (AvgIpc) is 2.25. The summed E-state index contributed by atoms with van der Waals surface area (Å²) < 4.78 is 0. The predicted octanol–water partition coefficient (Wildman–Crippen LogP) is 2.14. The molecule has 0 atom stereocenters. The van der Waals surface area contributed by atoms with E-state index in [2.05, 4.69) is 29.5 Å². The second-order valence-electron chi connectivity index (χ2n) is 4.83. The van der Waals surface area contributed by atoms with Gasteiger partial charge in [-0.05, 0) is 18.8 Å². The van der Waals surface area contributed by atoms with Gasteiger partial charge in [-0.2, -0.15) is 0 Å². The lowest BCUT2D eigenvalue weighted by Gasteiger charge is -2.25. The highest BCUT2D eigenvalue weighted by Crippen LogP contribution is 2.17. The summed E-state index contributed by atoms with van der Waals surface area (Å²) in [6, 6.07) is 0.636. The number of nitrogens with zero attached hydrogens (tertiary/aromatic N) is 1.